The van der Waals surface area contributed by atoms with Gasteiger partial charge in [-0.25, -0.2) is 0 Å². The van der Waals surface area contributed by atoms with Crippen molar-refractivity contribution < 1.29 is 19.5 Å². The van der Waals surface area contributed by atoms with Crippen molar-refractivity contribution in [3.05, 3.63) is 29.8 Å². The number of benzene rings is 1. The van der Waals surface area contributed by atoms with E-state index in [1.54, 1.807) is 29.2 Å². The van der Waals surface area contributed by atoms with Gasteiger partial charge in [-0.3, -0.25) is 14.4 Å². The summed E-state index contributed by atoms with van der Waals surface area (Å²) in [6.07, 6.45) is 2.83. The van der Waals surface area contributed by atoms with E-state index in [0.717, 1.165) is 12.8 Å². The quantitative estimate of drug-likeness (QED) is 0.829. The lowest BCUT2D eigenvalue weighted by atomic mass is 9.78. The number of nitrogens with one attached hydrogen (secondary N) is 1. The van der Waals surface area contributed by atoms with Crippen molar-refractivity contribution in [3.8, 4) is 0 Å². The second kappa shape index (κ2) is 8.65. The minimum absolute atomic E-state index is 0.0813. The van der Waals surface area contributed by atoms with E-state index < -0.39 is 17.8 Å². The molecule has 0 unspecified atom stereocenters. The second-order valence-electron chi connectivity index (χ2n) is 6.38. The molecule has 0 heterocycles. The molecule has 1 aromatic rings. The van der Waals surface area contributed by atoms with Crippen LogP contribution in [0.2, 0.25) is 0 Å². The summed E-state index contributed by atoms with van der Waals surface area (Å²) in [5.41, 5.74) is 1.04. The SMILES string of the molecule is CCN(CC)C(=O)c1cccc(NC(=O)[C@@H]2CCCC[C@H]2C(=O)O)c1. The zero-order chi connectivity index (χ0) is 18.4. The number of carboxylic acids is 1. The standard InChI is InChI=1S/C19H26N2O4/c1-3-21(4-2)18(23)13-8-7-9-14(12-13)20-17(22)15-10-5-6-11-16(15)19(24)25/h7-9,12,15-16H,3-6,10-11H2,1-2H3,(H,20,22)(H,24,25)/t15-,16-/m1/s1. The van der Waals surface area contributed by atoms with E-state index in [2.05, 4.69) is 5.32 Å². The van der Waals surface area contributed by atoms with Gasteiger partial charge in [-0.1, -0.05) is 18.9 Å². The zero-order valence-electron chi connectivity index (χ0n) is 14.8. The molecular formula is C19H26N2O4. The molecule has 0 saturated heterocycles. The van der Waals surface area contributed by atoms with Gasteiger partial charge in [-0.05, 0) is 44.9 Å². The summed E-state index contributed by atoms with van der Waals surface area (Å²) in [6, 6.07) is 6.81. The van der Waals surface area contributed by atoms with Crippen molar-refractivity contribution in [2.45, 2.75) is 39.5 Å². The van der Waals surface area contributed by atoms with Crippen molar-refractivity contribution >= 4 is 23.5 Å². The lowest BCUT2D eigenvalue weighted by Crippen LogP contribution is -2.36. The second-order valence-corrected chi connectivity index (χ2v) is 6.38. The number of aliphatic carboxylic acids is 1. The van der Waals surface area contributed by atoms with Crippen molar-refractivity contribution in [1.29, 1.82) is 0 Å². The van der Waals surface area contributed by atoms with Gasteiger partial charge in [0.1, 0.15) is 0 Å². The Bertz CT molecular complexity index is 640. The monoisotopic (exact) mass is 346 g/mol. The predicted octanol–water partition coefficient (Wildman–Crippen LogP) is 3.00. The first-order valence-corrected chi connectivity index (χ1v) is 8.90. The number of carboxylic acid groups (broad SMARTS) is 1. The van der Waals surface area contributed by atoms with Crippen molar-refractivity contribution in [1.82, 2.24) is 4.90 Å². The molecule has 136 valence electrons. The molecular weight excluding hydrogens is 320 g/mol. The number of anilines is 1. The van der Waals surface area contributed by atoms with Crippen LogP contribution in [0.1, 0.15) is 49.9 Å². The first kappa shape index (κ1) is 19.0. The van der Waals surface area contributed by atoms with Crippen LogP contribution in [0.15, 0.2) is 24.3 Å². The van der Waals surface area contributed by atoms with Gasteiger partial charge >= 0.3 is 5.97 Å². The number of carbonyl (C=O) groups is 3. The summed E-state index contributed by atoms with van der Waals surface area (Å²) in [7, 11) is 0. The molecule has 0 aliphatic heterocycles. The topological polar surface area (TPSA) is 86.7 Å². The molecule has 6 nitrogen and oxygen atoms in total. The highest BCUT2D eigenvalue weighted by Gasteiger charge is 2.35. The van der Waals surface area contributed by atoms with Gasteiger partial charge in [0.2, 0.25) is 5.91 Å². The molecule has 25 heavy (non-hydrogen) atoms. The lowest BCUT2D eigenvalue weighted by molar-refractivity contribution is -0.147. The van der Waals surface area contributed by atoms with Crippen molar-refractivity contribution in [3.63, 3.8) is 0 Å². The molecule has 2 atom stereocenters. The first-order valence-electron chi connectivity index (χ1n) is 8.90. The van der Waals surface area contributed by atoms with E-state index in [0.29, 0.717) is 37.2 Å². The molecule has 2 rings (SSSR count). The third-order valence-corrected chi connectivity index (χ3v) is 4.85. The van der Waals surface area contributed by atoms with Gasteiger partial charge < -0.3 is 15.3 Å². The van der Waals surface area contributed by atoms with E-state index in [4.69, 9.17) is 0 Å². The molecule has 0 bridgehead atoms. The molecule has 1 aromatic carbocycles. The maximum atomic E-state index is 12.5. The number of amides is 2. The Morgan fingerprint density at radius 1 is 1.12 bits per heavy atom. The number of nitrogens with zero attached hydrogens (tertiary/aromatic N) is 1. The van der Waals surface area contributed by atoms with E-state index in [9.17, 15) is 19.5 Å². The number of rotatable bonds is 6. The fraction of sp³-hybridized carbons (Fsp3) is 0.526. The molecule has 6 heteroatoms. The highest BCUT2D eigenvalue weighted by molar-refractivity contribution is 5.98. The number of hydrogen-bond acceptors (Lipinski definition) is 3. The maximum Gasteiger partial charge on any atom is 0.307 e. The summed E-state index contributed by atoms with van der Waals surface area (Å²) < 4.78 is 0. The van der Waals surface area contributed by atoms with Crippen molar-refractivity contribution in [2.24, 2.45) is 11.8 Å². The fourth-order valence-corrected chi connectivity index (χ4v) is 3.40. The fourth-order valence-electron chi connectivity index (χ4n) is 3.40. The molecule has 0 aromatic heterocycles. The van der Waals surface area contributed by atoms with Gasteiger partial charge in [-0.15, -0.1) is 0 Å². The highest BCUT2D eigenvalue weighted by atomic mass is 16.4. The van der Waals surface area contributed by atoms with Crippen LogP contribution in [-0.4, -0.2) is 40.9 Å². The molecule has 2 amide bonds. The Balaban J connectivity index is 2.12. The molecule has 0 radical (unpaired) electrons. The maximum absolute atomic E-state index is 12.5. The average Bonchev–Trinajstić information content (AvgIpc) is 2.62. The largest absolute Gasteiger partial charge is 0.481 e. The van der Waals surface area contributed by atoms with Gasteiger partial charge in [-0.2, -0.15) is 0 Å². The Morgan fingerprint density at radius 3 is 2.36 bits per heavy atom. The minimum atomic E-state index is -0.912. The smallest absolute Gasteiger partial charge is 0.307 e. The van der Waals surface area contributed by atoms with Crippen LogP contribution in [-0.2, 0) is 9.59 Å². The van der Waals surface area contributed by atoms with Gasteiger partial charge in [0, 0.05) is 24.3 Å². The van der Waals surface area contributed by atoms with Crippen LogP contribution in [0.25, 0.3) is 0 Å². The van der Waals surface area contributed by atoms with Crippen LogP contribution >= 0.6 is 0 Å². The van der Waals surface area contributed by atoms with E-state index in [-0.39, 0.29) is 11.8 Å². The molecule has 1 fully saturated rings. The van der Waals surface area contributed by atoms with Gasteiger partial charge in [0.15, 0.2) is 0 Å². The predicted molar refractivity (Wildman–Crippen MR) is 95.4 cm³/mol. The third kappa shape index (κ3) is 4.59. The van der Waals surface area contributed by atoms with E-state index in [1.165, 1.54) is 0 Å². The van der Waals surface area contributed by atoms with Crippen LogP contribution in [0.3, 0.4) is 0 Å². The molecule has 1 aliphatic carbocycles. The van der Waals surface area contributed by atoms with Crippen molar-refractivity contribution in [2.75, 3.05) is 18.4 Å². The Labute approximate surface area is 148 Å². The Hall–Kier alpha value is -2.37. The first-order chi connectivity index (χ1) is 12.0. The zero-order valence-corrected chi connectivity index (χ0v) is 14.8. The van der Waals surface area contributed by atoms with Gasteiger partial charge in [0.25, 0.3) is 5.91 Å². The summed E-state index contributed by atoms with van der Waals surface area (Å²) >= 11 is 0. The molecule has 1 saturated carbocycles. The summed E-state index contributed by atoms with van der Waals surface area (Å²) in [6.45, 7) is 5.08. The number of hydrogen-bond donors (Lipinski definition) is 2. The average molecular weight is 346 g/mol. The molecule has 2 N–H and O–H groups in total. The van der Waals surface area contributed by atoms with Crippen LogP contribution in [0.5, 0.6) is 0 Å². The normalized spacial score (nSPS) is 19.9. The Kier molecular flexibility index (Phi) is 6.56. The lowest BCUT2D eigenvalue weighted by Gasteiger charge is -2.27. The van der Waals surface area contributed by atoms with Gasteiger partial charge in [0.05, 0.1) is 11.8 Å². The molecule has 0 spiro atoms. The Morgan fingerprint density at radius 2 is 1.76 bits per heavy atom. The van der Waals surface area contributed by atoms with Crippen LogP contribution in [0.4, 0.5) is 5.69 Å². The van der Waals surface area contributed by atoms with Crippen LogP contribution in [0, 0.1) is 11.8 Å². The van der Waals surface area contributed by atoms with Crippen LogP contribution < -0.4 is 5.32 Å². The molecule has 1 aliphatic rings. The van der Waals surface area contributed by atoms with E-state index >= 15 is 0 Å². The third-order valence-electron chi connectivity index (χ3n) is 4.85. The minimum Gasteiger partial charge on any atom is -0.481 e. The summed E-state index contributed by atoms with van der Waals surface area (Å²) in [4.78, 5) is 38.1. The summed E-state index contributed by atoms with van der Waals surface area (Å²) in [5, 5.41) is 12.1. The highest BCUT2D eigenvalue weighted by Crippen LogP contribution is 2.31. The number of carbonyl (C=O) groups excluding carboxylic acids is 2. The summed E-state index contributed by atoms with van der Waals surface area (Å²) in [5.74, 6) is -2.42. The van der Waals surface area contributed by atoms with E-state index in [1.807, 2.05) is 13.8 Å².